The van der Waals surface area contributed by atoms with Crippen LogP contribution in [0.25, 0.3) is 6.08 Å². The van der Waals surface area contributed by atoms with Crippen LogP contribution in [-0.4, -0.2) is 26.1 Å². The minimum atomic E-state index is -3.00. The van der Waals surface area contributed by atoms with Gasteiger partial charge in [-0.3, -0.25) is 4.79 Å². The molecule has 1 heterocycles. The molecule has 0 atom stereocenters. The molecule has 1 aliphatic rings. The molecule has 0 amide bonds. The Morgan fingerprint density at radius 2 is 1.96 bits per heavy atom. The van der Waals surface area contributed by atoms with E-state index >= 15 is 0 Å². The molecule has 0 saturated carbocycles. The van der Waals surface area contributed by atoms with E-state index in [0.717, 1.165) is 0 Å². The van der Waals surface area contributed by atoms with Crippen molar-refractivity contribution in [2.45, 2.75) is 6.61 Å². The first-order valence-corrected chi connectivity index (χ1v) is 7.19. The number of benzene rings is 2. The number of hydrogen-bond acceptors (Lipinski definition) is 4. The Labute approximate surface area is 137 Å². The minimum Gasteiger partial charge on any atom is -0.493 e. The van der Waals surface area contributed by atoms with Crippen molar-refractivity contribution in [2.24, 2.45) is 0 Å². The smallest absolute Gasteiger partial charge is 0.387 e. The van der Waals surface area contributed by atoms with Gasteiger partial charge in [0, 0.05) is 11.1 Å². The summed E-state index contributed by atoms with van der Waals surface area (Å²) in [5.41, 5.74) is 1.11. The molecule has 0 spiro atoms. The van der Waals surface area contributed by atoms with E-state index in [1.54, 1.807) is 36.4 Å². The van der Waals surface area contributed by atoms with Crippen LogP contribution in [0.3, 0.4) is 0 Å². The predicted octanol–water partition coefficient (Wildman–Crippen LogP) is 3.96. The third kappa shape index (κ3) is 3.08. The normalized spacial score (nSPS) is 15.2. The standard InChI is InChI=1S/C18H14F2O4/c1-22-15-8-4-5-11(17(15)24-18(19)20)9-12-10-23-14-7-3-2-6-13(14)16(12)21/h2-9,18H,10H2,1H3/b12-9+. The summed E-state index contributed by atoms with van der Waals surface area (Å²) in [6.07, 6.45) is 1.48. The predicted molar refractivity (Wildman–Crippen MR) is 83.9 cm³/mol. The Bertz CT molecular complexity index is 799. The van der Waals surface area contributed by atoms with Gasteiger partial charge in [-0.15, -0.1) is 0 Å². The third-order valence-electron chi connectivity index (χ3n) is 3.57. The second-order valence-corrected chi connectivity index (χ2v) is 5.04. The van der Waals surface area contributed by atoms with Gasteiger partial charge in [0.1, 0.15) is 12.4 Å². The van der Waals surface area contributed by atoms with Crippen LogP contribution in [0.2, 0.25) is 0 Å². The first kappa shape index (κ1) is 16.0. The summed E-state index contributed by atoms with van der Waals surface area (Å²) < 4.78 is 40.5. The molecule has 6 heteroatoms. The van der Waals surface area contributed by atoms with Crippen molar-refractivity contribution in [1.82, 2.24) is 0 Å². The number of fused-ring (bicyclic) bond motifs is 1. The summed E-state index contributed by atoms with van der Waals surface area (Å²) in [4.78, 5) is 12.5. The molecule has 0 bridgehead atoms. The number of hydrogen-bond donors (Lipinski definition) is 0. The molecule has 1 aliphatic heterocycles. The van der Waals surface area contributed by atoms with E-state index in [-0.39, 0.29) is 23.9 Å². The summed E-state index contributed by atoms with van der Waals surface area (Å²) in [6, 6.07) is 11.6. The Morgan fingerprint density at radius 3 is 2.71 bits per heavy atom. The largest absolute Gasteiger partial charge is 0.493 e. The lowest BCUT2D eigenvalue weighted by Crippen LogP contribution is -2.19. The van der Waals surface area contributed by atoms with E-state index in [4.69, 9.17) is 9.47 Å². The lowest BCUT2D eigenvalue weighted by Gasteiger charge is -2.19. The van der Waals surface area contributed by atoms with Crippen molar-refractivity contribution >= 4 is 11.9 Å². The fourth-order valence-electron chi connectivity index (χ4n) is 2.49. The molecule has 0 radical (unpaired) electrons. The van der Waals surface area contributed by atoms with Crippen molar-refractivity contribution in [3.63, 3.8) is 0 Å². The number of ketones is 1. The Balaban J connectivity index is 2.02. The van der Waals surface area contributed by atoms with Gasteiger partial charge in [0.2, 0.25) is 0 Å². The minimum absolute atomic E-state index is 0.0567. The molecule has 4 nitrogen and oxygen atoms in total. The molecule has 0 N–H and O–H groups in total. The quantitative estimate of drug-likeness (QED) is 0.795. The summed E-state index contributed by atoms with van der Waals surface area (Å²) in [7, 11) is 1.36. The van der Waals surface area contributed by atoms with Gasteiger partial charge in [-0.25, -0.2) is 0 Å². The zero-order chi connectivity index (χ0) is 17.1. The number of ether oxygens (including phenoxy) is 3. The second-order valence-electron chi connectivity index (χ2n) is 5.04. The van der Waals surface area contributed by atoms with Crippen molar-refractivity contribution in [3.05, 3.63) is 59.2 Å². The van der Waals surface area contributed by atoms with E-state index in [1.807, 2.05) is 0 Å². The van der Waals surface area contributed by atoms with Crippen LogP contribution in [0.15, 0.2) is 48.0 Å². The van der Waals surface area contributed by atoms with Gasteiger partial charge in [-0.05, 0) is 24.3 Å². The molecule has 24 heavy (non-hydrogen) atoms. The van der Waals surface area contributed by atoms with Crippen molar-refractivity contribution in [3.8, 4) is 17.2 Å². The topological polar surface area (TPSA) is 44.8 Å². The van der Waals surface area contributed by atoms with E-state index in [1.165, 1.54) is 19.3 Å². The third-order valence-corrected chi connectivity index (χ3v) is 3.57. The SMILES string of the molecule is COc1cccc(/C=C2\COc3ccccc3C2=O)c1OC(F)F. The van der Waals surface area contributed by atoms with Crippen molar-refractivity contribution in [1.29, 1.82) is 0 Å². The highest BCUT2D eigenvalue weighted by Crippen LogP contribution is 2.35. The number of Topliss-reactive ketones (excluding diaryl/α,β-unsaturated/α-hetero) is 1. The fourth-order valence-corrected chi connectivity index (χ4v) is 2.49. The number of alkyl halides is 2. The van der Waals surface area contributed by atoms with Crippen LogP contribution < -0.4 is 14.2 Å². The molecule has 2 aromatic rings. The van der Waals surface area contributed by atoms with E-state index in [0.29, 0.717) is 22.4 Å². The highest BCUT2D eigenvalue weighted by atomic mass is 19.3. The van der Waals surface area contributed by atoms with Gasteiger partial charge in [0.15, 0.2) is 17.3 Å². The molecule has 2 aromatic carbocycles. The van der Waals surface area contributed by atoms with Gasteiger partial charge in [-0.2, -0.15) is 8.78 Å². The number of methoxy groups -OCH3 is 1. The Hall–Kier alpha value is -2.89. The van der Waals surface area contributed by atoms with Crippen molar-refractivity contribution < 1.29 is 27.8 Å². The summed E-state index contributed by atoms with van der Waals surface area (Å²) in [5.74, 6) is 0.348. The average molecular weight is 332 g/mol. The van der Waals surface area contributed by atoms with E-state index < -0.39 is 6.61 Å². The van der Waals surface area contributed by atoms with Gasteiger partial charge in [-0.1, -0.05) is 24.3 Å². The molecular formula is C18H14F2O4. The monoisotopic (exact) mass is 332 g/mol. The number of para-hydroxylation sites is 2. The number of halogens is 2. The van der Waals surface area contributed by atoms with Crippen LogP contribution in [0, 0.1) is 0 Å². The lowest BCUT2D eigenvalue weighted by atomic mass is 9.98. The maximum atomic E-state index is 12.7. The lowest BCUT2D eigenvalue weighted by molar-refractivity contribution is -0.0513. The molecule has 0 unspecified atom stereocenters. The average Bonchev–Trinajstić information content (AvgIpc) is 2.58. The summed E-state index contributed by atoms with van der Waals surface area (Å²) in [6.45, 7) is -2.95. The molecule has 0 aromatic heterocycles. The van der Waals surface area contributed by atoms with E-state index in [2.05, 4.69) is 4.74 Å². The first-order chi connectivity index (χ1) is 11.6. The second kappa shape index (κ2) is 6.70. The van der Waals surface area contributed by atoms with Gasteiger partial charge in [0.05, 0.1) is 12.7 Å². The summed E-state index contributed by atoms with van der Waals surface area (Å²) >= 11 is 0. The van der Waals surface area contributed by atoms with Gasteiger partial charge >= 0.3 is 6.61 Å². The van der Waals surface area contributed by atoms with Crippen LogP contribution in [-0.2, 0) is 0 Å². The van der Waals surface area contributed by atoms with Gasteiger partial charge in [0.25, 0.3) is 0 Å². The molecule has 3 rings (SSSR count). The highest BCUT2D eigenvalue weighted by Gasteiger charge is 2.24. The molecule has 0 fully saturated rings. The molecule has 0 saturated heterocycles. The van der Waals surface area contributed by atoms with Crippen molar-refractivity contribution in [2.75, 3.05) is 13.7 Å². The number of carbonyl (C=O) groups excluding carboxylic acids is 1. The molecular weight excluding hydrogens is 318 g/mol. The number of carbonyl (C=O) groups is 1. The van der Waals surface area contributed by atoms with E-state index in [9.17, 15) is 13.6 Å². The van der Waals surface area contributed by atoms with Crippen LogP contribution in [0.1, 0.15) is 15.9 Å². The van der Waals surface area contributed by atoms with Crippen LogP contribution >= 0.6 is 0 Å². The maximum Gasteiger partial charge on any atom is 0.387 e. The summed E-state index contributed by atoms with van der Waals surface area (Å²) in [5, 5.41) is 0. The maximum absolute atomic E-state index is 12.7. The first-order valence-electron chi connectivity index (χ1n) is 7.19. The van der Waals surface area contributed by atoms with Gasteiger partial charge < -0.3 is 14.2 Å². The van der Waals surface area contributed by atoms with Crippen LogP contribution in [0.4, 0.5) is 8.78 Å². The molecule has 0 aliphatic carbocycles. The zero-order valence-corrected chi connectivity index (χ0v) is 12.8. The molecule has 124 valence electrons. The van der Waals surface area contributed by atoms with Crippen LogP contribution in [0.5, 0.6) is 17.2 Å². The fraction of sp³-hybridized carbons (Fsp3) is 0.167. The number of rotatable bonds is 4. The zero-order valence-electron chi connectivity index (χ0n) is 12.8. The Morgan fingerprint density at radius 1 is 1.17 bits per heavy atom. The Kier molecular flexibility index (Phi) is 4.46. The highest BCUT2D eigenvalue weighted by molar-refractivity contribution is 6.14.